The molecule has 2 aromatic carbocycles. The lowest BCUT2D eigenvalue weighted by Gasteiger charge is -2.11. The number of anilines is 1. The van der Waals surface area contributed by atoms with Crippen molar-refractivity contribution >= 4 is 28.3 Å². The molecule has 0 aliphatic heterocycles. The van der Waals surface area contributed by atoms with E-state index in [2.05, 4.69) is 24.5 Å². The summed E-state index contributed by atoms with van der Waals surface area (Å²) >= 11 is 6.42. The van der Waals surface area contributed by atoms with E-state index in [0.29, 0.717) is 0 Å². The molecule has 0 unspecified atom stereocenters. The summed E-state index contributed by atoms with van der Waals surface area (Å²) in [6, 6.07) is 11.9. The molecule has 21 heavy (non-hydrogen) atoms. The normalized spacial score (nSPS) is 11.2. The summed E-state index contributed by atoms with van der Waals surface area (Å²) in [5, 5.41) is 0.731. The summed E-state index contributed by atoms with van der Waals surface area (Å²) in [6.07, 6.45) is 1.93. The van der Waals surface area contributed by atoms with Crippen LogP contribution in [-0.2, 0) is 6.42 Å². The maximum absolute atomic E-state index is 6.42. The molecule has 0 saturated heterocycles. The van der Waals surface area contributed by atoms with Crippen molar-refractivity contribution in [1.29, 1.82) is 0 Å². The van der Waals surface area contributed by atoms with E-state index >= 15 is 0 Å². The first-order chi connectivity index (χ1) is 10.1. The van der Waals surface area contributed by atoms with Gasteiger partial charge in [-0.05, 0) is 49.2 Å². The van der Waals surface area contributed by atoms with E-state index in [1.54, 1.807) is 0 Å². The first-order valence-electron chi connectivity index (χ1n) is 7.13. The lowest BCUT2D eigenvalue weighted by molar-refractivity contribution is 0.818. The molecule has 0 bridgehead atoms. The van der Waals surface area contributed by atoms with E-state index in [1.165, 1.54) is 5.56 Å². The Bertz CT molecular complexity index is 805. The average Bonchev–Trinajstić information content (AvgIpc) is 2.79. The van der Waals surface area contributed by atoms with Crippen LogP contribution in [0.1, 0.15) is 24.7 Å². The van der Waals surface area contributed by atoms with Gasteiger partial charge in [0.1, 0.15) is 5.82 Å². The lowest BCUT2D eigenvalue weighted by Crippen LogP contribution is -2.02. The number of imidazole rings is 1. The molecule has 3 nitrogen and oxygen atoms in total. The Hall–Kier alpha value is -2.00. The van der Waals surface area contributed by atoms with Gasteiger partial charge in [0.05, 0.1) is 21.7 Å². The number of rotatable bonds is 3. The zero-order chi connectivity index (χ0) is 15.0. The standard InChI is InChI=1S/C17H18ClN3/c1-3-4-17-20-14-10-12(19)6-8-15(14)21(17)16-9-11(2)5-7-13(16)18/h5-10H,3-4,19H2,1-2H3. The number of hydrogen-bond acceptors (Lipinski definition) is 2. The summed E-state index contributed by atoms with van der Waals surface area (Å²) in [7, 11) is 0. The minimum atomic E-state index is 0.727. The molecule has 3 aromatic rings. The van der Waals surface area contributed by atoms with Crippen LogP contribution < -0.4 is 5.73 Å². The van der Waals surface area contributed by atoms with Crippen LogP contribution >= 0.6 is 11.6 Å². The Labute approximate surface area is 129 Å². The molecule has 2 N–H and O–H groups in total. The Balaban J connectivity index is 2.33. The average molecular weight is 300 g/mol. The van der Waals surface area contributed by atoms with Crippen molar-refractivity contribution in [2.75, 3.05) is 5.73 Å². The van der Waals surface area contributed by atoms with Gasteiger partial charge in [0.2, 0.25) is 0 Å². The largest absolute Gasteiger partial charge is 0.399 e. The van der Waals surface area contributed by atoms with Gasteiger partial charge in [-0.1, -0.05) is 24.6 Å². The van der Waals surface area contributed by atoms with Gasteiger partial charge < -0.3 is 5.73 Å². The number of aryl methyl sites for hydroxylation is 2. The van der Waals surface area contributed by atoms with Crippen molar-refractivity contribution in [2.24, 2.45) is 0 Å². The predicted molar refractivity (Wildman–Crippen MR) is 89.2 cm³/mol. The molecular weight excluding hydrogens is 282 g/mol. The lowest BCUT2D eigenvalue weighted by atomic mass is 10.2. The minimum Gasteiger partial charge on any atom is -0.399 e. The molecule has 0 atom stereocenters. The summed E-state index contributed by atoms with van der Waals surface area (Å²) in [5.74, 6) is 1.02. The number of fused-ring (bicyclic) bond motifs is 1. The Morgan fingerprint density at radius 3 is 2.76 bits per heavy atom. The smallest absolute Gasteiger partial charge is 0.114 e. The zero-order valence-electron chi connectivity index (χ0n) is 12.2. The highest BCUT2D eigenvalue weighted by atomic mass is 35.5. The molecule has 108 valence electrons. The van der Waals surface area contributed by atoms with E-state index in [9.17, 15) is 0 Å². The summed E-state index contributed by atoms with van der Waals surface area (Å²) in [6.45, 7) is 4.21. The number of nitrogens with zero attached hydrogens (tertiary/aromatic N) is 2. The highest BCUT2D eigenvalue weighted by Gasteiger charge is 2.14. The van der Waals surface area contributed by atoms with Crippen molar-refractivity contribution < 1.29 is 0 Å². The highest BCUT2D eigenvalue weighted by Crippen LogP contribution is 2.29. The molecule has 1 aromatic heterocycles. The number of nitrogens with two attached hydrogens (primary N) is 1. The Morgan fingerprint density at radius 2 is 2.00 bits per heavy atom. The third-order valence-electron chi connectivity index (χ3n) is 3.56. The summed E-state index contributed by atoms with van der Waals surface area (Å²) < 4.78 is 2.15. The topological polar surface area (TPSA) is 43.8 Å². The van der Waals surface area contributed by atoms with Gasteiger partial charge in [-0.2, -0.15) is 0 Å². The quantitative estimate of drug-likeness (QED) is 0.723. The van der Waals surface area contributed by atoms with Gasteiger partial charge in [0.15, 0.2) is 0 Å². The molecule has 0 radical (unpaired) electrons. The van der Waals surface area contributed by atoms with Gasteiger partial charge in [-0.25, -0.2) is 4.98 Å². The van der Waals surface area contributed by atoms with Crippen molar-refractivity contribution in [2.45, 2.75) is 26.7 Å². The van der Waals surface area contributed by atoms with Crippen LogP contribution in [0.15, 0.2) is 36.4 Å². The number of halogens is 1. The fraction of sp³-hybridized carbons (Fsp3) is 0.235. The SMILES string of the molecule is CCCc1nc2cc(N)ccc2n1-c1cc(C)ccc1Cl. The molecule has 0 fully saturated rings. The second kappa shape index (κ2) is 5.41. The van der Waals surface area contributed by atoms with Crippen LogP contribution in [0.3, 0.4) is 0 Å². The zero-order valence-corrected chi connectivity index (χ0v) is 13.0. The maximum atomic E-state index is 6.42. The van der Waals surface area contributed by atoms with Crippen LogP contribution in [0.5, 0.6) is 0 Å². The van der Waals surface area contributed by atoms with Gasteiger partial charge in [-0.3, -0.25) is 4.57 Å². The van der Waals surface area contributed by atoms with E-state index < -0.39 is 0 Å². The van der Waals surface area contributed by atoms with Gasteiger partial charge in [0, 0.05) is 12.1 Å². The first-order valence-corrected chi connectivity index (χ1v) is 7.51. The third kappa shape index (κ3) is 2.49. The molecule has 0 spiro atoms. The maximum Gasteiger partial charge on any atom is 0.114 e. The number of benzene rings is 2. The minimum absolute atomic E-state index is 0.727. The van der Waals surface area contributed by atoms with Gasteiger partial charge in [-0.15, -0.1) is 0 Å². The molecule has 0 aliphatic carbocycles. The Morgan fingerprint density at radius 1 is 1.19 bits per heavy atom. The molecule has 0 aliphatic rings. The van der Waals surface area contributed by atoms with Crippen molar-refractivity contribution in [3.63, 3.8) is 0 Å². The fourth-order valence-corrected chi connectivity index (χ4v) is 2.80. The number of aromatic nitrogens is 2. The van der Waals surface area contributed by atoms with Crippen LogP contribution in [-0.4, -0.2) is 9.55 Å². The molecule has 3 rings (SSSR count). The van der Waals surface area contributed by atoms with E-state index in [1.807, 2.05) is 30.3 Å². The second-order valence-corrected chi connectivity index (χ2v) is 5.72. The van der Waals surface area contributed by atoms with Gasteiger partial charge >= 0.3 is 0 Å². The molecular formula is C17H18ClN3. The van der Waals surface area contributed by atoms with Crippen LogP contribution in [0, 0.1) is 6.92 Å². The molecule has 4 heteroatoms. The van der Waals surface area contributed by atoms with E-state index in [4.69, 9.17) is 22.3 Å². The number of nitrogen functional groups attached to an aromatic ring is 1. The monoisotopic (exact) mass is 299 g/mol. The van der Waals surface area contributed by atoms with Gasteiger partial charge in [0.25, 0.3) is 0 Å². The van der Waals surface area contributed by atoms with Crippen LogP contribution in [0.2, 0.25) is 5.02 Å². The first kappa shape index (κ1) is 14.0. The summed E-state index contributed by atoms with van der Waals surface area (Å²) in [5.41, 5.74) is 10.7. The van der Waals surface area contributed by atoms with E-state index in [-0.39, 0.29) is 0 Å². The van der Waals surface area contributed by atoms with Crippen molar-refractivity contribution in [3.8, 4) is 5.69 Å². The third-order valence-corrected chi connectivity index (χ3v) is 3.88. The summed E-state index contributed by atoms with van der Waals surface area (Å²) in [4.78, 5) is 4.73. The van der Waals surface area contributed by atoms with Crippen LogP contribution in [0.4, 0.5) is 5.69 Å². The van der Waals surface area contributed by atoms with Crippen molar-refractivity contribution in [1.82, 2.24) is 9.55 Å². The van der Waals surface area contributed by atoms with Crippen LogP contribution in [0.25, 0.3) is 16.7 Å². The molecule has 0 saturated carbocycles. The highest BCUT2D eigenvalue weighted by molar-refractivity contribution is 6.32. The number of hydrogen-bond donors (Lipinski definition) is 1. The molecule has 1 heterocycles. The van der Waals surface area contributed by atoms with Crippen molar-refractivity contribution in [3.05, 3.63) is 52.8 Å². The fourth-order valence-electron chi connectivity index (χ4n) is 2.60. The second-order valence-electron chi connectivity index (χ2n) is 5.32. The van der Waals surface area contributed by atoms with E-state index in [0.717, 1.165) is 46.1 Å². The predicted octanol–water partition coefficient (Wildman–Crippen LogP) is 4.52. The molecule has 0 amide bonds. The Kier molecular flexibility index (Phi) is 3.60.